The molecule has 0 spiro atoms. The van der Waals surface area contributed by atoms with Crippen LogP contribution >= 0.6 is 11.6 Å². The van der Waals surface area contributed by atoms with Crippen LogP contribution in [0.15, 0.2) is 24.3 Å². The summed E-state index contributed by atoms with van der Waals surface area (Å²) in [6, 6.07) is 8.71. The van der Waals surface area contributed by atoms with Crippen LogP contribution in [0.2, 0.25) is 5.02 Å². The minimum atomic E-state index is 0.510. The second-order valence-corrected chi connectivity index (χ2v) is 4.35. The van der Waals surface area contributed by atoms with Gasteiger partial charge >= 0.3 is 0 Å². The molecule has 14 heavy (non-hydrogen) atoms. The average molecular weight is 210 g/mol. The highest BCUT2D eigenvalue weighted by molar-refractivity contribution is 6.30. The van der Waals surface area contributed by atoms with Crippen molar-refractivity contribution < 1.29 is 0 Å². The smallest absolute Gasteiger partial charge is 0.0409 e. The van der Waals surface area contributed by atoms with Crippen LogP contribution in [0.4, 0.5) is 0 Å². The van der Waals surface area contributed by atoms with E-state index in [4.69, 9.17) is 11.6 Å². The highest BCUT2D eigenvalue weighted by Crippen LogP contribution is 2.24. The van der Waals surface area contributed by atoms with Gasteiger partial charge in [0.2, 0.25) is 0 Å². The number of benzene rings is 1. The van der Waals surface area contributed by atoms with Gasteiger partial charge in [-0.2, -0.15) is 0 Å². The third-order valence-electron chi connectivity index (χ3n) is 2.81. The first kappa shape index (κ1) is 10.0. The summed E-state index contributed by atoms with van der Waals surface area (Å²) < 4.78 is 0. The van der Waals surface area contributed by atoms with Gasteiger partial charge in [0.15, 0.2) is 0 Å². The highest BCUT2D eigenvalue weighted by atomic mass is 35.5. The third kappa shape index (κ3) is 2.49. The maximum absolute atomic E-state index is 5.98. The zero-order valence-electron chi connectivity index (χ0n) is 8.30. The van der Waals surface area contributed by atoms with Crippen molar-refractivity contribution in [3.63, 3.8) is 0 Å². The monoisotopic (exact) mass is 209 g/mol. The van der Waals surface area contributed by atoms with Gasteiger partial charge in [0.05, 0.1) is 0 Å². The van der Waals surface area contributed by atoms with Gasteiger partial charge in [0.25, 0.3) is 0 Å². The molecule has 0 aromatic heterocycles. The summed E-state index contributed by atoms with van der Waals surface area (Å²) in [4.78, 5) is 0. The maximum Gasteiger partial charge on any atom is 0.0409 e. The van der Waals surface area contributed by atoms with E-state index in [1.807, 2.05) is 12.1 Å². The van der Waals surface area contributed by atoms with Gasteiger partial charge in [-0.25, -0.2) is 0 Å². The first-order valence-corrected chi connectivity index (χ1v) is 5.73. The Labute approximate surface area is 90.5 Å². The predicted molar refractivity (Wildman–Crippen MR) is 60.7 cm³/mol. The lowest BCUT2D eigenvalue weighted by Gasteiger charge is -2.16. The molecule has 0 unspecified atom stereocenters. The summed E-state index contributed by atoms with van der Waals surface area (Å²) in [5.74, 6) is 0. The fourth-order valence-electron chi connectivity index (χ4n) is 2.04. The number of rotatable bonds is 1. The van der Waals surface area contributed by atoms with Gasteiger partial charge in [-0.15, -0.1) is 0 Å². The Balaban J connectivity index is 2.12. The number of halogens is 1. The molecule has 1 atom stereocenters. The van der Waals surface area contributed by atoms with E-state index in [0.717, 1.165) is 11.6 Å². The molecule has 1 heterocycles. The van der Waals surface area contributed by atoms with Crippen LogP contribution in [0.1, 0.15) is 37.3 Å². The van der Waals surface area contributed by atoms with E-state index in [-0.39, 0.29) is 0 Å². The molecular formula is C12H16ClN. The predicted octanol–water partition coefficient (Wildman–Crippen LogP) is 3.54. The molecule has 1 aromatic rings. The normalized spacial score (nSPS) is 23.1. The van der Waals surface area contributed by atoms with Crippen molar-refractivity contribution in [1.29, 1.82) is 0 Å². The van der Waals surface area contributed by atoms with Crippen LogP contribution in [0.25, 0.3) is 0 Å². The summed E-state index contributed by atoms with van der Waals surface area (Å²) in [5, 5.41) is 4.41. The van der Waals surface area contributed by atoms with Gasteiger partial charge in [-0.1, -0.05) is 36.6 Å². The Morgan fingerprint density at radius 1 is 1.21 bits per heavy atom. The summed E-state index contributed by atoms with van der Waals surface area (Å²) in [5.41, 5.74) is 1.33. The molecule has 1 N–H and O–H groups in total. The Morgan fingerprint density at radius 2 is 2.14 bits per heavy atom. The zero-order valence-corrected chi connectivity index (χ0v) is 9.06. The maximum atomic E-state index is 5.98. The van der Waals surface area contributed by atoms with Gasteiger partial charge in [0, 0.05) is 11.1 Å². The molecule has 76 valence electrons. The van der Waals surface area contributed by atoms with E-state index in [1.54, 1.807) is 0 Å². The summed E-state index contributed by atoms with van der Waals surface area (Å²) >= 11 is 5.98. The molecule has 0 bridgehead atoms. The SMILES string of the molecule is Clc1cccc([C@H]2CCCCCN2)c1. The lowest BCUT2D eigenvalue weighted by atomic mass is 10.0. The molecule has 2 rings (SSSR count). The molecule has 1 nitrogen and oxygen atoms in total. The fourth-order valence-corrected chi connectivity index (χ4v) is 2.24. The minimum absolute atomic E-state index is 0.510. The Morgan fingerprint density at radius 3 is 3.00 bits per heavy atom. The van der Waals surface area contributed by atoms with Gasteiger partial charge in [-0.05, 0) is 37.1 Å². The molecule has 0 aliphatic carbocycles. The Bertz CT molecular complexity index is 290. The summed E-state index contributed by atoms with van der Waals surface area (Å²) in [6.07, 6.45) is 5.21. The second-order valence-electron chi connectivity index (χ2n) is 3.91. The van der Waals surface area contributed by atoms with Crippen molar-refractivity contribution in [1.82, 2.24) is 5.32 Å². The standard InChI is InChI=1S/C12H16ClN/c13-11-6-4-5-10(9-11)12-7-2-1-3-8-14-12/h4-6,9,12,14H,1-3,7-8H2/t12-/m1/s1. The van der Waals surface area contributed by atoms with E-state index >= 15 is 0 Å². The molecule has 1 saturated heterocycles. The minimum Gasteiger partial charge on any atom is -0.310 e. The lowest BCUT2D eigenvalue weighted by Crippen LogP contribution is -2.20. The summed E-state index contributed by atoms with van der Waals surface area (Å²) in [6.45, 7) is 1.14. The van der Waals surface area contributed by atoms with E-state index in [2.05, 4.69) is 17.4 Å². The van der Waals surface area contributed by atoms with Crippen molar-refractivity contribution in [2.45, 2.75) is 31.7 Å². The third-order valence-corrected chi connectivity index (χ3v) is 3.05. The van der Waals surface area contributed by atoms with Crippen molar-refractivity contribution in [3.8, 4) is 0 Å². The molecule has 1 aliphatic heterocycles. The molecule has 0 radical (unpaired) electrons. The molecule has 2 heteroatoms. The van der Waals surface area contributed by atoms with E-state index in [0.29, 0.717) is 6.04 Å². The molecule has 0 saturated carbocycles. The van der Waals surface area contributed by atoms with Crippen molar-refractivity contribution in [2.24, 2.45) is 0 Å². The molecule has 0 amide bonds. The molecule has 1 aliphatic rings. The largest absolute Gasteiger partial charge is 0.310 e. The Kier molecular flexibility index (Phi) is 3.44. The average Bonchev–Trinajstić information content (AvgIpc) is 2.45. The molecular weight excluding hydrogens is 194 g/mol. The van der Waals surface area contributed by atoms with Gasteiger partial charge < -0.3 is 5.32 Å². The van der Waals surface area contributed by atoms with Crippen molar-refractivity contribution in [3.05, 3.63) is 34.9 Å². The van der Waals surface area contributed by atoms with Crippen molar-refractivity contribution in [2.75, 3.05) is 6.54 Å². The van der Waals surface area contributed by atoms with Crippen LogP contribution in [0, 0.1) is 0 Å². The molecule has 1 aromatic carbocycles. The fraction of sp³-hybridized carbons (Fsp3) is 0.500. The van der Waals surface area contributed by atoms with Gasteiger partial charge in [0.1, 0.15) is 0 Å². The molecule has 1 fully saturated rings. The second kappa shape index (κ2) is 4.81. The van der Waals surface area contributed by atoms with Crippen LogP contribution in [0.5, 0.6) is 0 Å². The van der Waals surface area contributed by atoms with Crippen molar-refractivity contribution >= 4 is 11.6 Å². The van der Waals surface area contributed by atoms with Crippen LogP contribution in [-0.2, 0) is 0 Å². The first-order chi connectivity index (χ1) is 6.86. The highest BCUT2D eigenvalue weighted by Gasteiger charge is 2.13. The Hall–Kier alpha value is -0.530. The van der Waals surface area contributed by atoms with Gasteiger partial charge in [-0.3, -0.25) is 0 Å². The number of hydrogen-bond acceptors (Lipinski definition) is 1. The topological polar surface area (TPSA) is 12.0 Å². The zero-order chi connectivity index (χ0) is 9.80. The van der Waals surface area contributed by atoms with E-state index in [9.17, 15) is 0 Å². The number of hydrogen-bond donors (Lipinski definition) is 1. The van der Waals surface area contributed by atoms with Crippen LogP contribution in [0.3, 0.4) is 0 Å². The number of nitrogens with one attached hydrogen (secondary N) is 1. The van der Waals surface area contributed by atoms with Crippen LogP contribution in [-0.4, -0.2) is 6.54 Å². The van der Waals surface area contributed by atoms with E-state index < -0.39 is 0 Å². The van der Waals surface area contributed by atoms with Crippen LogP contribution < -0.4 is 5.32 Å². The quantitative estimate of drug-likeness (QED) is 0.746. The first-order valence-electron chi connectivity index (χ1n) is 5.35. The lowest BCUT2D eigenvalue weighted by molar-refractivity contribution is 0.535. The summed E-state index contributed by atoms with van der Waals surface area (Å²) in [7, 11) is 0. The van der Waals surface area contributed by atoms with E-state index in [1.165, 1.54) is 31.2 Å².